The number of hydrogen-bond acceptors (Lipinski definition) is 5. The first-order valence-corrected chi connectivity index (χ1v) is 9.77. The highest BCUT2D eigenvalue weighted by molar-refractivity contribution is 6.35. The molecule has 164 valence electrons. The molecular formula is C23H19ClFN3O4. The molecule has 0 aliphatic heterocycles. The number of hydrogen-bond donors (Lipinski definition) is 3. The van der Waals surface area contributed by atoms with Gasteiger partial charge in [0.15, 0.2) is 5.78 Å². The molecule has 0 spiro atoms. The van der Waals surface area contributed by atoms with E-state index in [0.717, 1.165) is 0 Å². The highest BCUT2D eigenvalue weighted by Gasteiger charge is 2.20. The quantitative estimate of drug-likeness (QED) is 0.449. The van der Waals surface area contributed by atoms with Gasteiger partial charge in [-0.15, -0.1) is 0 Å². The third-order valence-corrected chi connectivity index (χ3v) is 4.79. The van der Waals surface area contributed by atoms with E-state index in [-0.39, 0.29) is 39.8 Å². The van der Waals surface area contributed by atoms with E-state index in [0.29, 0.717) is 11.4 Å². The molecule has 0 aromatic heterocycles. The lowest BCUT2D eigenvalue weighted by molar-refractivity contribution is -0.117. The molecule has 2 amide bonds. The number of rotatable bonds is 8. The molecule has 0 saturated carbocycles. The summed E-state index contributed by atoms with van der Waals surface area (Å²) in [6, 6.07) is 14.8. The van der Waals surface area contributed by atoms with Crippen molar-refractivity contribution in [2.45, 2.75) is 0 Å². The third kappa shape index (κ3) is 5.41. The molecule has 3 aromatic carbocycles. The average Bonchev–Trinajstić information content (AvgIpc) is 2.78. The summed E-state index contributed by atoms with van der Waals surface area (Å²) < 4.78 is 18.3. The second-order valence-corrected chi connectivity index (χ2v) is 7.13. The summed E-state index contributed by atoms with van der Waals surface area (Å²) in [6.45, 7) is -0.331. The molecule has 7 nitrogen and oxygen atoms in total. The summed E-state index contributed by atoms with van der Waals surface area (Å²) in [6.07, 6.45) is 0. The predicted octanol–water partition coefficient (Wildman–Crippen LogP) is 3.68. The van der Waals surface area contributed by atoms with Crippen molar-refractivity contribution in [3.63, 3.8) is 0 Å². The van der Waals surface area contributed by atoms with Crippen LogP contribution in [-0.2, 0) is 4.79 Å². The Morgan fingerprint density at radius 1 is 0.969 bits per heavy atom. The van der Waals surface area contributed by atoms with Gasteiger partial charge >= 0.3 is 0 Å². The maximum Gasteiger partial charge on any atom is 0.251 e. The van der Waals surface area contributed by atoms with Gasteiger partial charge in [0.05, 0.1) is 24.2 Å². The summed E-state index contributed by atoms with van der Waals surface area (Å²) in [5.74, 6) is -1.81. The molecule has 0 saturated heterocycles. The van der Waals surface area contributed by atoms with Crippen molar-refractivity contribution >= 4 is 40.6 Å². The Balaban J connectivity index is 1.87. The van der Waals surface area contributed by atoms with Crippen molar-refractivity contribution in [2.24, 2.45) is 5.73 Å². The van der Waals surface area contributed by atoms with Gasteiger partial charge in [-0.3, -0.25) is 14.4 Å². The van der Waals surface area contributed by atoms with E-state index >= 15 is 0 Å². The number of ether oxygens (including phenoxy) is 1. The molecule has 0 radical (unpaired) electrons. The van der Waals surface area contributed by atoms with E-state index in [1.165, 1.54) is 43.5 Å². The van der Waals surface area contributed by atoms with Crippen LogP contribution in [0.5, 0.6) is 5.75 Å². The van der Waals surface area contributed by atoms with Gasteiger partial charge in [-0.2, -0.15) is 0 Å². The molecule has 0 aliphatic carbocycles. The minimum atomic E-state index is -0.690. The highest BCUT2D eigenvalue weighted by atomic mass is 35.5. The van der Waals surface area contributed by atoms with Crippen molar-refractivity contribution in [2.75, 3.05) is 19.0 Å². The largest absolute Gasteiger partial charge is 0.496 e. The van der Waals surface area contributed by atoms with E-state index in [2.05, 4.69) is 10.6 Å². The van der Waals surface area contributed by atoms with Crippen LogP contribution in [0.2, 0.25) is 5.02 Å². The number of nitrogens with two attached hydrogens (primary N) is 1. The average molecular weight is 456 g/mol. The van der Waals surface area contributed by atoms with Gasteiger partial charge < -0.3 is 21.1 Å². The SMILES string of the molecule is COc1ccc(C(=O)NCC(N)=O)cc1C(=O)c1ccc(Nc2ccc(F)cc2)cc1Cl. The van der Waals surface area contributed by atoms with E-state index < -0.39 is 17.6 Å². The molecule has 3 aromatic rings. The molecule has 0 atom stereocenters. The molecule has 32 heavy (non-hydrogen) atoms. The summed E-state index contributed by atoms with van der Waals surface area (Å²) in [5.41, 5.74) is 6.77. The number of ketones is 1. The van der Waals surface area contributed by atoms with Gasteiger partial charge in [0.1, 0.15) is 11.6 Å². The Morgan fingerprint density at radius 3 is 2.28 bits per heavy atom. The number of nitrogens with one attached hydrogen (secondary N) is 2. The van der Waals surface area contributed by atoms with E-state index in [1.807, 2.05) is 0 Å². The van der Waals surface area contributed by atoms with Crippen LogP contribution in [0.25, 0.3) is 0 Å². The minimum Gasteiger partial charge on any atom is -0.496 e. The van der Waals surface area contributed by atoms with E-state index in [9.17, 15) is 18.8 Å². The van der Waals surface area contributed by atoms with Gasteiger partial charge in [0.25, 0.3) is 5.91 Å². The second kappa shape index (κ2) is 9.93. The van der Waals surface area contributed by atoms with Crippen LogP contribution in [0.4, 0.5) is 15.8 Å². The molecule has 3 rings (SSSR count). The zero-order valence-corrected chi connectivity index (χ0v) is 17.7. The van der Waals surface area contributed by atoms with E-state index in [1.54, 1.807) is 24.3 Å². The smallest absolute Gasteiger partial charge is 0.251 e. The molecule has 4 N–H and O–H groups in total. The number of anilines is 2. The Bertz CT molecular complexity index is 1180. The summed E-state index contributed by atoms with van der Waals surface area (Å²) in [7, 11) is 1.40. The molecule has 0 aliphatic rings. The van der Waals surface area contributed by atoms with Gasteiger partial charge in [-0.25, -0.2) is 4.39 Å². The lowest BCUT2D eigenvalue weighted by atomic mass is 9.99. The van der Waals surface area contributed by atoms with Gasteiger partial charge in [-0.05, 0) is 60.7 Å². The van der Waals surface area contributed by atoms with Crippen molar-refractivity contribution < 1.29 is 23.5 Å². The summed E-state index contributed by atoms with van der Waals surface area (Å²) in [4.78, 5) is 36.3. The van der Waals surface area contributed by atoms with Crippen LogP contribution in [-0.4, -0.2) is 31.3 Å². The number of primary amides is 1. The Hall–Kier alpha value is -3.91. The van der Waals surface area contributed by atoms with Crippen LogP contribution < -0.4 is 21.1 Å². The van der Waals surface area contributed by atoms with Gasteiger partial charge in [-0.1, -0.05) is 11.6 Å². The van der Waals surface area contributed by atoms with Crippen LogP contribution >= 0.6 is 11.6 Å². The number of benzene rings is 3. The minimum absolute atomic E-state index is 0.125. The lowest BCUT2D eigenvalue weighted by Gasteiger charge is -2.12. The Labute approximate surface area is 188 Å². The number of carbonyl (C=O) groups excluding carboxylic acids is 3. The van der Waals surface area contributed by atoms with Crippen LogP contribution in [0.1, 0.15) is 26.3 Å². The standard InChI is InChI=1S/C23H19ClFN3O4/c1-32-20-9-2-13(23(31)27-12-21(26)29)10-18(20)22(30)17-8-7-16(11-19(17)24)28-15-5-3-14(25)4-6-15/h2-11,28H,12H2,1H3,(H2,26,29)(H,27,31). The predicted molar refractivity (Wildman–Crippen MR) is 119 cm³/mol. The van der Waals surface area contributed by atoms with Gasteiger partial charge in [0, 0.05) is 22.5 Å². The topological polar surface area (TPSA) is 111 Å². The molecule has 0 heterocycles. The highest BCUT2D eigenvalue weighted by Crippen LogP contribution is 2.29. The van der Waals surface area contributed by atoms with Crippen LogP contribution in [0, 0.1) is 5.82 Å². The number of carbonyl (C=O) groups is 3. The molecular weight excluding hydrogens is 437 g/mol. The zero-order valence-electron chi connectivity index (χ0n) is 16.9. The van der Waals surface area contributed by atoms with Crippen LogP contribution in [0.15, 0.2) is 60.7 Å². The molecule has 9 heteroatoms. The fraction of sp³-hybridized carbons (Fsp3) is 0.0870. The molecule has 0 fully saturated rings. The first-order chi connectivity index (χ1) is 15.3. The Kier molecular flexibility index (Phi) is 7.07. The fourth-order valence-electron chi connectivity index (χ4n) is 2.92. The second-order valence-electron chi connectivity index (χ2n) is 6.72. The first-order valence-electron chi connectivity index (χ1n) is 9.40. The lowest BCUT2D eigenvalue weighted by Crippen LogP contribution is -2.33. The normalized spacial score (nSPS) is 10.3. The Morgan fingerprint density at radius 2 is 1.66 bits per heavy atom. The number of methoxy groups -OCH3 is 1. The first kappa shape index (κ1) is 22.8. The monoisotopic (exact) mass is 455 g/mol. The van der Waals surface area contributed by atoms with Crippen molar-refractivity contribution in [3.05, 3.63) is 88.2 Å². The van der Waals surface area contributed by atoms with Crippen molar-refractivity contribution in [1.29, 1.82) is 0 Å². The van der Waals surface area contributed by atoms with E-state index in [4.69, 9.17) is 22.1 Å². The maximum absolute atomic E-state index is 13.2. The number of amides is 2. The van der Waals surface area contributed by atoms with Crippen molar-refractivity contribution in [3.8, 4) is 5.75 Å². The zero-order chi connectivity index (χ0) is 23.3. The maximum atomic E-state index is 13.2. The molecule has 0 unspecified atom stereocenters. The third-order valence-electron chi connectivity index (χ3n) is 4.48. The fourth-order valence-corrected chi connectivity index (χ4v) is 3.18. The summed E-state index contributed by atoms with van der Waals surface area (Å²) in [5, 5.41) is 5.61. The number of halogens is 2. The van der Waals surface area contributed by atoms with Crippen molar-refractivity contribution in [1.82, 2.24) is 5.32 Å². The summed E-state index contributed by atoms with van der Waals surface area (Å²) >= 11 is 6.36. The van der Waals surface area contributed by atoms with Gasteiger partial charge in [0.2, 0.25) is 5.91 Å². The molecule has 0 bridgehead atoms. The van der Waals surface area contributed by atoms with Crippen LogP contribution in [0.3, 0.4) is 0 Å².